The molecule has 0 unspecified atom stereocenters. The van der Waals surface area contributed by atoms with Crippen LogP contribution in [-0.2, 0) is 11.3 Å². The maximum atomic E-state index is 12.1. The van der Waals surface area contributed by atoms with Crippen LogP contribution in [0.3, 0.4) is 0 Å². The Morgan fingerprint density at radius 3 is 2.59 bits per heavy atom. The van der Waals surface area contributed by atoms with Crippen molar-refractivity contribution in [2.24, 2.45) is 5.10 Å². The number of hydrogen-bond acceptors (Lipinski definition) is 6. The van der Waals surface area contributed by atoms with E-state index < -0.39 is 4.92 Å². The van der Waals surface area contributed by atoms with E-state index >= 15 is 0 Å². The van der Waals surface area contributed by atoms with Gasteiger partial charge in [-0.1, -0.05) is 41.9 Å². The highest BCUT2D eigenvalue weighted by Crippen LogP contribution is 2.17. The number of hydrogen-bond donors (Lipinski definition) is 1. The quantitative estimate of drug-likeness (QED) is 0.426. The molecule has 8 nitrogen and oxygen atoms in total. The third-order valence-corrected chi connectivity index (χ3v) is 5.04. The molecule has 1 amide bonds. The summed E-state index contributed by atoms with van der Waals surface area (Å²) < 4.78 is 0. The van der Waals surface area contributed by atoms with Crippen molar-refractivity contribution in [3.05, 3.63) is 74.8 Å². The summed E-state index contributed by atoms with van der Waals surface area (Å²) in [4.78, 5) is 26.8. The number of amides is 1. The van der Waals surface area contributed by atoms with E-state index in [0.29, 0.717) is 5.56 Å². The van der Waals surface area contributed by atoms with Gasteiger partial charge in [0.1, 0.15) is 0 Å². The molecule has 152 valence electrons. The van der Waals surface area contributed by atoms with Crippen molar-refractivity contribution in [1.82, 2.24) is 15.2 Å². The third-order valence-electron chi connectivity index (χ3n) is 4.67. The predicted octanol–water partition coefficient (Wildman–Crippen LogP) is 2.52. The fourth-order valence-corrected chi connectivity index (χ4v) is 3.30. The van der Waals surface area contributed by atoms with Crippen LogP contribution in [0.1, 0.15) is 11.1 Å². The zero-order chi connectivity index (χ0) is 20.6. The topological polar surface area (TPSA) is 91.1 Å². The van der Waals surface area contributed by atoms with Gasteiger partial charge in [0.15, 0.2) is 0 Å². The van der Waals surface area contributed by atoms with Crippen molar-refractivity contribution in [3.8, 4) is 0 Å². The van der Waals surface area contributed by atoms with Crippen LogP contribution in [0.5, 0.6) is 0 Å². The second kappa shape index (κ2) is 10.1. The largest absolute Gasteiger partial charge is 0.296 e. The molecule has 0 aliphatic carbocycles. The van der Waals surface area contributed by atoms with Gasteiger partial charge in [0, 0.05) is 55.4 Å². The molecule has 1 aliphatic heterocycles. The molecule has 29 heavy (non-hydrogen) atoms. The lowest BCUT2D eigenvalue weighted by Crippen LogP contribution is -2.48. The van der Waals surface area contributed by atoms with Crippen molar-refractivity contribution in [2.45, 2.75) is 6.54 Å². The molecular formula is C20H22ClN5O3. The number of nitrogens with zero attached hydrogens (tertiary/aromatic N) is 4. The predicted molar refractivity (Wildman–Crippen MR) is 112 cm³/mol. The number of carbonyl (C=O) groups is 1. The molecule has 1 aliphatic rings. The fraction of sp³-hybridized carbons (Fsp3) is 0.300. The molecule has 2 aromatic rings. The minimum atomic E-state index is -0.471. The lowest BCUT2D eigenvalue weighted by atomic mass is 10.2. The van der Waals surface area contributed by atoms with Crippen molar-refractivity contribution in [2.75, 3.05) is 32.7 Å². The molecule has 0 radical (unpaired) electrons. The van der Waals surface area contributed by atoms with Crippen molar-refractivity contribution >= 4 is 29.4 Å². The molecule has 0 aromatic heterocycles. The van der Waals surface area contributed by atoms with Gasteiger partial charge >= 0.3 is 0 Å². The van der Waals surface area contributed by atoms with E-state index in [4.69, 9.17) is 11.6 Å². The van der Waals surface area contributed by atoms with Gasteiger partial charge < -0.3 is 0 Å². The molecule has 1 heterocycles. The van der Waals surface area contributed by atoms with Crippen LogP contribution in [0.4, 0.5) is 5.69 Å². The van der Waals surface area contributed by atoms with E-state index in [1.165, 1.54) is 18.3 Å². The second-order valence-electron chi connectivity index (χ2n) is 6.79. The van der Waals surface area contributed by atoms with E-state index in [9.17, 15) is 14.9 Å². The van der Waals surface area contributed by atoms with E-state index in [0.717, 1.165) is 43.3 Å². The first-order chi connectivity index (χ1) is 14.0. The standard InChI is InChI=1S/C20H22ClN5O3/c21-19-7-2-1-5-17(19)14-24-8-10-25(11-9-24)15-20(27)23-22-13-16-4-3-6-18(12-16)26(28)29/h1-7,12-13H,8-11,14-15H2,(H,23,27)/b22-13+. The summed E-state index contributed by atoms with van der Waals surface area (Å²) in [7, 11) is 0. The minimum Gasteiger partial charge on any atom is -0.296 e. The number of non-ortho nitro benzene ring substituents is 1. The summed E-state index contributed by atoms with van der Waals surface area (Å²) in [6.45, 7) is 4.34. The molecule has 0 atom stereocenters. The second-order valence-corrected chi connectivity index (χ2v) is 7.20. The number of halogens is 1. The van der Waals surface area contributed by atoms with Crippen molar-refractivity contribution in [1.29, 1.82) is 0 Å². The Kier molecular flexibility index (Phi) is 7.29. The number of carbonyl (C=O) groups excluding carboxylic acids is 1. The number of benzene rings is 2. The van der Waals surface area contributed by atoms with Gasteiger partial charge in [-0.3, -0.25) is 24.7 Å². The van der Waals surface area contributed by atoms with Crippen molar-refractivity contribution < 1.29 is 9.72 Å². The Morgan fingerprint density at radius 1 is 1.14 bits per heavy atom. The van der Waals surface area contributed by atoms with Crippen LogP contribution in [0, 0.1) is 10.1 Å². The molecule has 3 rings (SSSR count). The average Bonchev–Trinajstić information content (AvgIpc) is 2.71. The first kappa shape index (κ1) is 20.9. The average molecular weight is 416 g/mol. The zero-order valence-corrected chi connectivity index (χ0v) is 16.6. The Morgan fingerprint density at radius 2 is 1.86 bits per heavy atom. The van der Waals surface area contributed by atoms with Gasteiger partial charge in [-0.05, 0) is 11.6 Å². The third kappa shape index (κ3) is 6.35. The minimum absolute atomic E-state index is 0.0186. The lowest BCUT2D eigenvalue weighted by Gasteiger charge is -2.34. The lowest BCUT2D eigenvalue weighted by molar-refractivity contribution is -0.384. The number of nitro groups is 1. The van der Waals surface area contributed by atoms with Gasteiger partial charge in [0.05, 0.1) is 17.7 Å². The smallest absolute Gasteiger partial charge is 0.270 e. The monoisotopic (exact) mass is 415 g/mol. The summed E-state index contributed by atoms with van der Waals surface area (Å²) >= 11 is 6.22. The summed E-state index contributed by atoms with van der Waals surface area (Å²) in [5, 5.41) is 15.4. The molecule has 1 fully saturated rings. The molecule has 2 aromatic carbocycles. The van der Waals surface area contributed by atoms with Crippen LogP contribution in [0.25, 0.3) is 0 Å². The number of nitrogens with one attached hydrogen (secondary N) is 1. The summed E-state index contributed by atoms with van der Waals surface area (Å²) in [6, 6.07) is 13.9. The van der Waals surface area contributed by atoms with Crippen LogP contribution in [0.15, 0.2) is 53.6 Å². The van der Waals surface area contributed by atoms with E-state index in [-0.39, 0.29) is 18.1 Å². The SMILES string of the molecule is O=C(CN1CCN(Cc2ccccc2Cl)CC1)N/N=C/c1cccc([N+](=O)[O-])c1. The normalized spacial score (nSPS) is 15.5. The molecular weight excluding hydrogens is 394 g/mol. The van der Waals surface area contributed by atoms with Gasteiger partial charge in [-0.15, -0.1) is 0 Å². The maximum Gasteiger partial charge on any atom is 0.270 e. The molecule has 0 saturated carbocycles. The van der Waals surface area contributed by atoms with Crippen molar-refractivity contribution in [3.63, 3.8) is 0 Å². The van der Waals surface area contributed by atoms with Crippen LogP contribution in [0.2, 0.25) is 5.02 Å². The highest BCUT2D eigenvalue weighted by molar-refractivity contribution is 6.31. The Hall–Kier alpha value is -2.81. The van der Waals surface area contributed by atoms with Crippen LogP contribution in [-0.4, -0.2) is 59.6 Å². The molecule has 9 heteroatoms. The van der Waals surface area contributed by atoms with Gasteiger partial charge in [-0.25, -0.2) is 5.43 Å². The van der Waals surface area contributed by atoms with E-state index in [1.807, 2.05) is 24.3 Å². The highest BCUT2D eigenvalue weighted by Gasteiger charge is 2.19. The van der Waals surface area contributed by atoms with Gasteiger partial charge in [0.2, 0.25) is 0 Å². The highest BCUT2D eigenvalue weighted by atomic mass is 35.5. The number of hydrazone groups is 1. The molecule has 0 spiro atoms. The fourth-order valence-electron chi connectivity index (χ4n) is 3.11. The summed E-state index contributed by atoms with van der Waals surface area (Å²) in [6.07, 6.45) is 1.40. The van der Waals surface area contributed by atoms with E-state index in [2.05, 4.69) is 20.3 Å². The van der Waals surface area contributed by atoms with E-state index in [1.54, 1.807) is 12.1 Å². The van der Waals surface area contributed by atoms with Gasteiger partial charge in [0.25, 0.3) is 11.6 Å². The Balaban J connectivity index is 1.41. The first-order valence-corrected chi connectivity index (χ1v) is 9.63. The number of nitro benzene ring substituents is 1. The first-order valence-electron chi connectivity index (χ1n) is 9.26. The summed E-state index contributed by atoms with van der Waals surface area (Å²) in [5.74, 6) is -0.216. The van der Waals surface area contributed by atoms with Crippen LogP contribution >= 0.6 is 11.6 Å². The summed E-state index contributed by atoms with van der Waals surface area (Å²) in [5.41, 5.74) is 4.11. The number of rotatable bonds is 7. The maximum absolute atomic E-state index is 12.1. The Labute approximate surface area is 173 Å². The van der Waals surface area contributed by atoms with Crippen LogP contribution < -0.4 is 5.43 Å². The molecule has 0 bridgehead atoms. The molecule has 1 saturated heterocycles. The van der Waals surface area contributed by atoms with Gasteiger partial charge in [-0.2, -0.15) is 5.10 Å². The number of piperazine rings is 1. The zero-order valence-electron chi connectivity index (χ0n) is 15.8. The Bertz CT molecular complexity index is 897. The molecule has 1 N–H and O–H groups in total.